The molecule has 1 N–H and O–H groups in total. The van der Waals surface area contributed by atoms with E-state index in [2.05, 4.69) is 0 Å². The van der Waals surface area contributed by atoms with E-state index >= 15 is 0 Å². The predicted molar refractivity (Wildman–Crippen MR) is 106 cm³/mol. The number of hydrogen-bond donors (Lipinski definition) is 1. The molecule has 0 spiro atoms. The number of aliphatic carboxylic acids is 1. The molecular weight excluding hydrogens is 358 g/mol. The first-order valence-corrected chi connectivity index (χ1v) is 9.60. The highest BCUT2D eigenvalue weighted by molar-refractivity contribution is 5.97. The summed E-state index contributed by atoms with van der Waals surface area (Å²) in [6, 6.07) is 9.12. The van der Waals surface area contributed by atoms with Gasteiger partial charge in [0.25, 0.3) is 0 Å². The summed E-state index contributed by atoms with van der Waals surface area (Å²) >= 11 is 0. The van der Waals surface area contributed by atoms with E-state index < -0.39 is 46.7 Å². The Hall–Kier alpha value is -2.37. The Bertz CT molecular complexity index is 730. The molecule has 2 amide bonds. The highest BCUT2D eigenvalue weighted by Crippen LogP contribution is 2.43. The first kappa shape index (κ1) is 21.9. The molecule has 154 valence electrons. The Balaban J connectivity index is 2.41. The molecule has 0 aromatic heterocycles. The summed E-state index contributed by atoms with van der Waals surface area (Å²) < 4.78 is 5.18. The number of carboxylic acid groups (broad SMARTS) is 1. The van der Waals surface area contributed by atoms with Gasteiger partial charge in [-0.15, -0.1) is 0 Å². The van der Waals surface area contributed by atoms with Crippen molar-refractivity contribution >= 4 is 18.0 Å². The summed E-state index contributed by atoms with van der Waals surface area (Å²) in [5, 5.41) is 9.91. The van der Waals surface area contributed by atoms with Crippen LogP contribution in [0.1, 0.15) is 47.1 Å². The third-order valence-corrected chi connectivity index (χ3v) is 5.24. The lowest BCUT2D eigenvalue weighted by molar-refractivity contribution is -0.159. The van der Waals surface area contributed by atoms with E-state index in [4.69, 9.17) is 4.74 Å². The van der Waals surface area contributed by atoms with Gasteiger partial charge >= 0.3 is 12.1 Å². The fourth-order valence-corrected chi connectivity index (χ4v) is 3.94. The van der Waals surface area contributed by atoms with Crippen LogP contribution in [0.5, 0.6) is 0 Å². The van der Waals surface area contributed by atoms with Crippen LogP contribution in [0.4, 0.5) is 4.79 Å². The number of benzene rings is 1. The molecular formula is C22H31NO5. The Morgan fingerprint density at radius 3 is 2.07 bits per heavy atom. The quantitative estimate of drug-likeness (QED) is 0.823. The van der Waals surface area contributed by atoms with E-state index in [1.807, 2.05) is 71.9 Å². The molecule has 2 rings (SSSR count). The van der Waals surface area contributed by atoms with E-state index in [9.17, 15) is 19.5 Å². The highest BCUT2D eigenvalue weighted by Gasteiger charge is 2.52. The van der Waals surface area contributed by atoms with Crippen LogP contribution in [0.15, 0.2) is 30.3 Å². The van der Waals surface area contributed by atoms with Crippen molar-refractivity contribution in [3.63, 3.8) is 0 Å². The predicted octanol–water partition coefficient (Wildman–Crippen LogP) is 3.99. The third kappa shape index (κ3) is 4.72. The topological polar surface area (TPSA) is 83.9 Å². The monoisotopic (exact) mass is 389 g/mol. The van der Waals surface area contributed by atoms with Crippen LogP contribution in [0, 0.1) is 22.7 Å². The van der Waals surface area contributed by atoms with Crippen LogP contribution in [-0.4, -0.2) is 40.6 Å². The lowest BCUT2D eigenvalue weighted by Gasteiger charge is -2.41. The number of cyclic esters (lactones) is 1. The van der Waals surface area contributed by atoms with Crippen molar-refractivity contribution in [3.05, 3.63) is 35.9 Å². The van der Waals surface area contributed by atoms with Gasteiger partial charge in [-0.05, 0) is 22.8 Å². The number of carbonyl (C=O) groups is 3. The van der Waals surface area contributed by atoms with Crippen LogP contribution in [0.25, 0.3) is 0 Å². The standard InChI is InChI=1S/C22H31NO5/c1-21(2,3)16(17(19(25)26)22(4,5)6)18(24)23-15(13-28-20(23)27)12-14-10-8-7-9-11-14/h7-11,15-17H,12-13H2,1-6H3,(H,25,26)/t15-,16?,17+/m1/s1. The average molecular weight is 389 g/mol. The molecule has 1 aromatic rings. The lowest BCUT2D eigenvalue weighted by atomic mass is 9.63. The molecule has 0 radical (unpaired) electrons. The van der Waals surface area contributed by atoms with Crippen molar-refractivity contribution in [1.82, 2.24) is 4.90 Å². The van der Waals surface area contributed by atoms with Gasteiger partial charge in [-0.1, -0.05) is 71.9 Å². The van der Waals surface area contributed by atoms with E-state index in [0.717, 1.165) is 10.5 Å². The van der Waals surface area contributed by atoms with Crippen LogP contribution in [0.3, 0.4) is 0 Å². The largest absolute Gasteiger partial charge is 0.481 e. The highest BCUT2D eigenvalue weighted by atomic mass is 16.6. The summed E-state index contributed by atoms with van der Waals surface area (Å²) in [4.78, 5) is 39.2. The van der Waals surface area contributed by atoms with Gasteiger partial charge in [0.1, 0.15) is 6.61 Å². The number of carbonyl (C=O) groups excluding carboxylic acids is 2. The molecule has 3 atom stereocenters. The molecule has 28 heavy (non-hydrogen) atoms. The molecule has 6 heteroatoms. The number of amides is 2. The smallest absolute Gasteiger partial charge is 0.416 e. The molecule has 1 aliphatic rings. The van der Waals surface area contributed by atoms with E-state index in [0.29, 0.717) is 6.42 Å². The molecule has 1 heterocycles. The van der Waals surface area contributed by atoms with Gasteiger partial charge in [-0.25, -0.2) is 9.69 Å². The third-order valence-electron chi connectivity index (χ3n) is 5.24. The number of hydrogen-bond acceptors (Lipinski definition) is 4. The average Bonchev–Trinajstić information content (AvgIpc) is 2.90. The molecule has 1 aromatic carbocycles. The van der Waals surface area contributed by atoms with Gasteiger partial charge in [-0.3, -0.25) is 9.59 Å². The van der Waals surface area contributed by atoms with Gasteiger partial charge in [0.15, 0.2) is 0 Å². The minimum atomic E-state index is -1.03. The summed E-state index contributed by atoms with van der Waals surface area (Å²) in [6.45, 7) is 11.1. The maximum Gasteiger partial charge on any atom is 0.416 e. The molecule has 0 aliphatic carbocycles. The number of carboxylic acids is 1. The van der Waals surface area contributed by atoms with Gasteiger partial charge in [-0.2, -0.15) is 0 Å². The molecule has 1 unspecified atom stereocenters. The Morgan fingerprint density at radius 1 is 1.07 bits per heavy atom. The van der Waals surface area contributed by atoms with Crippen LogP contribution < -0.4 is 0 Å². The Kier molecular flexibility index (Phi) is 6.21. The number of nitrogens with zero attached hydrogens (tertiary/aromatic N) is 1. The second-order valence-corrected chi connectivity index (χ2v) is 9.65. The Morgan fingerprint density at radius 2 is 1.61 bits per heavy atom. The van der Waals surface area contributed by atoms with Crippen LogP contribution in [0.2, 0.25) is 0 Å². The summed E-state index contributed by atoms with van der Waals surface area (Å²) in [7, 11) is 0. The maximum atomic E-state index is 13.6. The molecule has 0 saturated carbocycles. The maximum absolute atomic E-state index is 13.6. The van der Waals surface area contributed by atoms with E-state index in [1.54, 1.807) is 0 Å². The van der Waals surface area contributed by atoms with Crippen molar-refractivity contribution in [1.29, 1.82) is 0 Å². The fraction of sp³-hybridized carbons (Fsp3) is 0.591. The van der Waals surface area contributed by atoms with Crippen molar-refractivity contribution in [2.75, 3.05) is 6.61 Å². The molecule has 0 bridgehead atoms. The summed E-state index contributed by atoms with van der Waals surface area (Å²) in [5.74, 6) is -3.31. The lowest BCUT2D eigenvalue weighted by Crippen LogP contribution is -2.53. The second kappa shape index (κ2) is 7.94. The zero-order valence-electron chi connectivity index (χ0n) is 17.6. The molecule has 6 nitrogen and oxygen atoms in total. The van der Waals surface area contributed by atoms with Gasteiger partial charge < -0.3 is 9.84 Å². The van der Waals surface area contributed by atoms with E-state index in [1.165, 1.54) is 0 Å². The minimum Gasteiger partial charge on any atom is -0.481 e. The zero-order valence-corrected chi connectivity index (χ0v) is 17.6. The fourth-order valence-electron chi connectivity index (χ4n) is 3.94. The first-order chi connectivity index (χ1) is 12.8. The number of imide groups is 1. The van der Waals surface area contributed by atoms with Gasteiger partial charge in [0, 0.05) is 0 Å². The van der Waals surface area contributed by atoms with Gasteiger partial charge in [0.05, 0.1) is 17.9 Å². The van der Waals surface area contributed by atoms with Crippen molar-refractivity contribution in [3.8, 4) is 0 Å². The van der Waals surface area contributed by atoms with Crippen LogP contribution in [-0.2, 0) is 20.7 Å². The van der Waals surface area contributed by atoms with Crippen molar-refractivity contribution in [2.24, 2.45) is 22.7 Å². The molecule has 1 saturated heterocycles. The normalized spacial score (nSPS) is 19.9. The molecule has 1 fully saturated rings. The molecule has 1 aliphatic heterocycles. The van der Waals surface area contributed by atoms with Gasteiger partial charge in [0.2, 0.25) is 5.91 Å². The summed E-state index contributed by atoms with van der Waals surface area (Å²) in [5.41, 5.74) is -0.313. The SMILES string of the molecule is CC(C)(C)C(C(=O)N1C(=O)OC[C@H]1Cc1ccccc1)[C@@H](C(=O)O)C(C)(C)C. The summed E-state index contributed by atoms with van der Waals surface area (Å²) in [6.07, 6.45) is -0.221. The second-order valence-electron chi connectivity index (χ2n) is 9.65. The van der Waals surface area contributed by atoms with Crippen molar-refractivity contribution in [2.45, 2.75) is 54.0 Å². The van der Waals surface area contributed by atoms with E-state index in [-0.39, 0.29) is 6.61 Å². The minimum absolute atomic E-state index is 0.115. The van der Waals surface area contributed by atoms with Crippen LogP contribution >= 0.6 is 0 Å². The zero-order chi connectivity index (χ0) is 21.3. The Labute approximate surface area is 166 Å². The first-order valence-electron chi connectivity index (χ1n) is 9.60. The number of rotatable bonds is 5. The van der Waals surface area contributed by atoms with Crippen molar-refractivity contribution < 1.29 is 24.2 Å². The number of ether oxygens (including phenoxy) is 1.